The lowest BCUT2D eigenvalue weighted by atomic mass is 10.0. The van der Waals surface area contributed by atoms with Gasteiger partial charge in [-0.05, 0) is 45.2 Å². The van der Waals surface area contributed by atoms with Gasteiger partial charge in [-0.15, -0.1) is 0 Å². The number of primary amides is 1. The van der Waals surface area contributed by atoms with Gasteiger partial charge in [-0.2, -0.15) is 0 Å². The molecule has 15 heavy (non-hydrogen) atoms. The number of piperidine rings is 1. The molecule has 0 aromatic heterocycles. The Hall–Kier alpha value is -0.610. The van der Waals surface area contributed by atoms with E-state index in [9.17, 15) is 4.79 Å². The van der Waals surface area contributed by atoms with Crippen molar-refractivity contribution in [3.63, 3.8) is 0 Å². The minimum atomic E-state index is -0.250. The summed E-state index contributed by atoms with van der Waals surface area (Å²) in [6.07, 6.45) is 6.32. The second kappa shape index (κ2) is 4.10. The fourth-order valence-electron chi connectivity index (χ4n) is 2.92. The van der Waals surface area contributed by atoms with E-state index in [4.69, 9.17) is 11.5 Å². The molecule has 1 amide bonds. The minimum Gasteiger partial charge on any atom is -0.369 e. The highest BCUT2D eigenvalue weighted by Gasteiger charge is 2.42. The molecular formula is C11H21N3O. The molecule has 2 fully saturated rings. The molecule has 0 spiro atoms. The summed E-state index contributed by atoms with van der Waals surface area (Å²) in [5.74, 6) is -0.184. The van der Waals surface area contributed by atoms with Crippen molar-refractivity contribution in [3.8, 4) is 0 Å². The Morgan fingerprint density at radius 1 is 1.27 bits per heavy atom. The van der Waals surface area contributed by atoms with E-state index >= 15 is 0 Å². The van der Waals surface area contributed by atoms with Crippen LogP contribution in [0.25, 0.3) is 0 Å². The third-order valence-electron chi connectivity index (χ3n) is 3.91. The summed E-state index contributed by atoms with van der Waals surface area (Å²) >= 11 is 0. The topological polar surface area (TPSA) is 72.3 Å². The molecule has 1 aliphatic heterocycles. The highest BCUT2D eigenvalue weighted by Crippen LogP contribution is 2.36. The van der Waals surface area contributed by atoms with E-state index in [-0.39, 0.29) is 17.5 Å². The third-order valence-corrected chi connectivity index (χ3v) is 3.91. The maximum Gasteiger partial charge on any atom is 0.220 e. The lowest BCUT2D eigenvalue weighted by Gasteiger charge is -2.40. The number of rotatable bonds is 2. The van der Waals surface area contributed by atoms with Gasteiger partial charge in [-0.25, -0.2) is 0 Å². The van der Waals surface area contributed by atoms with E-state index in [1.807, 2.05) is 0 Å². The van der Waals surface area contributed by atoms with Gasteiger partial charge in [-0.3, -0.25) is 9.69 Å². The van der Waals surface area contributed by atoms with Crippen molar-refractivity contribution in [2.75, 3.05) is 13.1 Å². The first-order valence-corrected chi connectivity index (χ1v) is 5.95. The van der Waals surface area contributed by atoms with E-state index < -0.39 is 0 Å². The molecule has 0 bridgehead atoms. The molecule has 4 nitrogen and oxygen atoms in total. The largest absolute Gasteiger partial charge is 0.369 e. The van der Waals surface area contributed by atoms with Crippen LogP contribution in [0.3, 0.4) is 0 Å². The van der Waals surface area contributed by atoms with Crippen LogP contribution in [0.1, 0.15) is 38.5 Å². The van der Waals surface area contributed by atoms with Gasteiger partial charge in [0.1, 0.15) is 0 Å². The van der Waals surface area contributed by atoms with Gasteiger partial charge in [0.2, 0.25) is 5.91 Å². The second-order valence-electron chi connectivity index (χ2n) is 4.99. The van der Waals surface area contributed by atoms with Crippen LogP contribution in [0.4, 0.5) is 0 Å². The summed E-state index contributed by atoms with van der Waals surface area (Å²) in [5.41, 5.74) is 11.5. The maximum atomic E-state index is 11.1. The molecule has 0 aromatic rings. The average Bonchev–Trinajstić information content (AvgIpc) is 2.64. The lowest BCUT2D eigenvalue weighted by molar-refractivity contribution is -0.121. The van der Waals surface area contributed by atoms with Crippen LogP contribution in [0.5, 0.6) is 0 Å². The highest BCUT2D eigenvalue weighted by atomic mass is 16.1. The molecule has 86 valence electrons. The Balaban J connectivity index is 1.98. The van der Waals surface area contributed by atoms with Crippen LogP contribution in [-0.4, -0.2) is 29.6 Å². The van der Waals surface area contributed by atoms with Gasteiger partial charge in [-0.1, -0.05) is 6.42 Å². The van der Waals surface area contributed by atoms with Gasteiger partial charge in [0.25, 0.3) is 0 Å². The number of hydrogen-bond donors (Lipinski definition) is 2. The van der Waals surface area contributed by atoms with Crippen LogP contribution in [0, 0.1) is 5.92 Å². The molecule has 2 aliphatic rings. The molecule has 1 saturated carbocycles. The van der Waals surface area contributed by atoms with Gasteiger partial charge in [0.05, 0.1) is 5.66 Å². The monoisotopic (exact) mass is 211 g/mol. The number of carbonyl (C=O) groups excluding carboxylic acids is 1. The van der Waals surface area contributed by atoms with E-state index in [0.29, 0.717) is 0 Å². The van der Waals surface area contributed by atoms with Crippen molar-refractivity contribution in [1.82, 2.24) is 4.90 Å². The molecule has 4 heteroatoms. The molecule has 2 rings (SSSR count). The van der Waals surface area contributed by atoms with Crippen LogP contribution in [0.2, 0.25) is 0 Å². The Kier molecular flexibility index (Phi) is 2.98. The van der Waals surface area contributed by atoms with E-state index in [1.54, 1.807) is 0 Å². The highest BCUT2D eigenvalue weighted by molar-refractivity contribution is 5.77. The van der Waals surface area contributed by atoms with E-state index in [0.717, 1.165) is 32.4 Å². The molecule has 0 aromatic carbocycles. The number of amides is 1. The van der Waals surface area contributed by atoms with E-state index in [1.165, 1.54) is 19.3 Å². The first-order chi connectivity index (χ1) is 7.12. The van der Waals surface area contributed by atoms with Crippen molar-refractivity contribution >= 4 is 5.91 Å². The van der Waals surface area contributed by atoms with Crippen molar-refractivity contribution in [3.05, 3.63) is 0 Å². The molecule has 2 unspecified atom stereocenters. The van der Waals surface area contributed by atoms with Crippen molar-refractivity contribution < 1.29 is 4.79 Å². The van der Waals surface area contributed by atoms with Gasteiger partial charge in [0, 0.05) is 5.92 Å². The van der Waals surface area contributed by atoms with Crippen LogP contribution in [-0.2, 0) is 4.79 Å². The second-order valence-corrected chi connectivity index (χ2v) is 4.99. The number of hydrogen-bond acceptors (Lipinski definition) is 3. The average molecular weight is 211 g/mol. The van der Waals surface area contributed by atoms with E-state index in [2.05, 4.69) is 4.90 Å². The zero-order valence-electron chi connectivity index (χ0n) is 9.24. The lowest BCUT2D eigenvalue weighted by Crippen LogP contribution is -2.56. The summed E-state index contributed by atoms with van der Waals surface area (Å²) in [7, 11) is 0. The fraction of sp³-hybridized carbons (Fsp3) is 0.909. The standard InChI is InChI=1S/C11H21N3O/c12-10(15)9-4-5-11(13,8-9)14-6-2-1-3-7-14/h9H,1-8,13H2,(H2,12,15). The number of nitrogens with two attached hydrogens (primary N) is 2. The molecular weight excluding hydrogens is 190 g/mol. The minimum absolute atomic E-state index is 0.00285. The fourth-order valence-corrected chi connectivity index (χ4v) is 2.92. The third kappa shape index (κ3) is 2.16. The first kappa shape index (κ1) is 10.9. The first-order valence-electron chi connectivity index (χ1n) is 5.95. The van der Waals surface area contributed by atoms with Gasteiger partial charge < -0.3 is 11.5 Å². The normalized spacial score (nSPS) is 38.1. The van der Waals surface area contributed by atoms with Crippen molar-refractivity contribution in [2.24, 2.45) is 17.4 Å². The molecule has 1 aliphatic carbocycles. The Labute approximate surface area is 91.0 Å². The zero-order valence-corrected chi connectivity index (χ0v) is 9.24. The smallest absolute Gasteiger partial charge is 0.220 e. The predicted octanol–water partition coefficient (Wildman–Crippen LogP) is 0.413. The van der Waals surface area contributed by atoms with Crippen LogP contribution in [0.15, 0.2) is 0 Å². The van der Waals surface area contributed by atoms with Crippen molar-refractivity contribution in [1.29, 1.82) is 0 Å². The quantitative estimate of drug-likeness (QED) is 0.695. The molecule has 2 atom stereocenters. The SMILES string of the molecule is NC(=O)C1CCC(N)(N2CCCCC2)C1. The molecule has 4 N–H and O–H groups in total. The Morgan fingerprint density at radius 3 is 2.47 bits per heavy atom. The summed E-state index contributed by atoms with van der Waals surface area (Å²) in [5, 5.41) is 0. The molecule has 1 saturated heterocycles. The summed E-state index contributed by atoms with van der Waals surface area (Å²) < 4.78 is 0. The zero-order chi connectivity index (χ0) is 10.9. The van der Waals surface area contributed by atoms with Gasteiger partial charge >= 0.3 is 0 Å². The van der Waals surface area contributed by atoms with Crippen molar-refractivity contribution in [2.45, 2.75) is 44.2 Å². The number of likely N-dealkylation sites (tertiary alicyclic amines) is 1. The van der Waals surface area contributed by atoms with Crippen LogP contribution < -0.4 is 11.5 Å². The summed E-state index contributed by atoms with van der Waals surface area (Å²) in [6.45, 7) is 2.17. The molecule has 1 heterocycles. The predicted molar refractivity (Wildman–Crippen MR) is 58.9 cm³/mol. The molecule has 0 radical (unpaired) electrons. The Bertz CT molecular complexity index is 250. The van der Waals surface area contributed by atoms with Crippen LogP contribution >= 0.6 is 0 Å². The summed E-state index contributed by atoms with van der Waals surface area (Å²) in [4.78, 5) is 13.5. The summed E-state index contributed by atoms with van der Waals surface area (Å²) in [6, 6.07) is 0. The Morgan fingerprint density at radius 2 is 1.93 bits per heavy atom. The number of carbonyl (C=O) groups is 1. The number of nitrogens with zero attached hydrogens (tertiary/aromatic N) is 1. The van der Waals surface area contributed by atoms with Gasteiger partial charge in [0.15, 0.2) is 0 Å². The maximum absolute atomic E-state index is 11.1.